The van der Waals surface area contributed by atoms with Crippen molar-refractivity contribution in [3.63, 3.8) is 0 Å². The fraction of sp³-hybridized carbons (Fsp3) is 0.500. The van der Waals surface area contributed by atoms with Crippen LogP contribution in [0.15, 0.2) is 18.2 Å². The summed E-state index contributed by atoms with van der Waals surface area (Å²) in [5.74, 6) is -0.508. The minimum Gasteiger partial charge on any atom is -0.330 e. The molecule has 0 radical (unpaired) electrons. The van der Waals surface area contributed by atoms with Crippen molar-refractivity contribution in [3.05, 3.63) is 39.7 Å². The number of nitro benzene ring substituents is 1. The van der Waals surface area contributed by atoms with Crippen molar-refractivity contribution in [1.82, 2.24) is 0 Å². The van der Waals surface area contributed by atoms with Crippen LogP contribution in [0.1, 0.15) is 31.2 Å². The molecular weight excluding hydrogens is 223 g/mol. The highest BCUT2D eigenvalue weighted by Crippen LogP contribution is 2.41. The zero-order valence-corrected chi connectivity index (χ0v) is 9.49. The Labute approximate surface area is 98.8 Å². The maximum absolute atomic E-state index is 13.9. The first-order valence-electron chi connectivity index (χ1n) is 5.73. The Hall–Kier alpha value is -1.49. The summed E-state index contributed by atoms with van der Waals surface area (Å²) in [4.78, 5) is 9.96. The van der Waals surface area contributed by atoms with Gasteiger partial charge in [-0.05, 0) is 24.5 Å². The van der Waals surface area contributed by atoms with Crippen molar-refractivity contribution in [2.75, 3.05) is 6.54 Å². The lowest BCUT2D eigenvalue weighted by molar-refractivity contribution is -0.385. The molecule has 92 valence electrons. The van der Waals surface area contributed by atoms with Crippen molar-refractivity contribution in [3.8, 4) is 0 Å². The molecule has 17 heavy (non-hydrogen) atoms. The highest BCUT2D eigenvalue weighted by atomic mass is 19.1. The average molecular weight is 238 g/mol. The van der Waals surface area contributed by atoms with Gasteiger partial charge in [-0.2, -0.15) is 0 Å². The van der Waals surface area contributed by atoms with Crippen LogP contribution >= 0.6 is 0 Å². The van der Waals surface area contributed by atoms with Gasteiger partial charge < -0.3 is 5.73 Å². The van der Waals surface area contributed by atoms with Gasteiger partial charge in [0.05, 0.1) is 11.0 Å². The first-order valence-corrected chi connectivity index (χ1v) is 5.73. The molecule has 0 heterocycles. The van der Waals surface area contributed by atoms with Crippen LogP contribution in [0.3, 0.4) is 0 Å². The zero-order chi connectivity index (χ0) is 12.5. The second-order valence-electron chi connectivity index (χ2n) is 4.61. The Balaban J connectivity index is 2.42. The van der Waals surface area contributed by atoms with Gasteiger partial charge >= 0.3 is 0 Å². The lowest BCUT2D eigenvalue weighted by Gasteiger charge is -2.28. The summed E-state index contributed by atoms with van der Waals surface area (Å²) in [6.45, 7) is 0.391. The van der Waals surface area contributed by atoms with E-state index in [0.29, 0.717) is 12.1 Å². The predicted octanol–water partition coefficient (Wildman–Crippen LogP) is 2.50. The van der Waals surface area contributed by atoms with Crippen molar-refractivity contribution >= 4 is 5.69 Å². The number of nitrogens with two attached hydrogens (primary N) is 1. The van der Waals surface area contributed by atoms with Crippen molar-refractivity contribution in [2.24, 2.45) is 5.73 Å². The molecule has 1 aromatic rings. The second-order valence-corrected chi connectivity index (χ2v) is 4.61. The Morgan fingerprint density at radius 1 is 1.41 bits per heavy atom. The molecule has 0 unspecified atom stereocenters. The summed E-state index contributed by atoms with van der Waals surface area (Å²) in [7, 11) is 0. The maximum atomic E-state index is 13.9. The van der Waals surface area contributed by atoms with Gasteiger partial charge in [-0.25, -0.2) is 4.39 Å². The first-order chi connectivity index (χ1) is 8.09. The van der Waals surface area contributed by atoms with Crippen LogP contribution in [-0.2, 0) is 5.41 Å². The average Bonchev–Trinajstić information content (AvgIpc) is 2.78. The number of nitrogens with zero attached hydrogens (tertiary/aromatic N) is 1. The molecule has 1 aliphatic carbocycles. The molecule has 0 aliphatic heterocycles. The highest BCUT2D eigenvalue weighted by Gasteiger charge is 2.36. The monoisotopic (exact) mass is 238 g/mol. The number of halogens is 1. The summed E-state index contributed by atoms with van der Waals surface area (Å²) in [6, 6.07) is 3.87. The topological polar surface area (TPSA) is 69.2 Å². The highest BCUT2D eigenvalue weighted by molar-refractivity contribution is 5.38. The zero-order valence-electron chi connectivity index (χ0n) is 9.49. The molecule has 1 aromatic carbocycles. The summed E-state index contributed by atoms with van der Waals surface area (Å²) < 4.78 is 13.9. The number of rotatable bonds is 3. The summed E-state index contributed by atoms with van der Waals surface area (Å²) in [5, 5.41) is 10.5. The van der Waals surface area contributed by atoms with E-state index >= 15 is 0 Å². The summed E-state index contributed by atoms with van der Waals surface area (Å²) in [5.41, 5.74) is 5.77. The number of hydrogen-bond donors (Lipinski definition) is 1. The molecule has 0 saturated heterocycles. The second kappa shape index (κ2) is 4.41. The molecule has 1 saturated carbocycles. The molecule has 0 atom stereocenters. The van der Waals surface area contributed by atoms with Crippen LogP contribution in [0.4, 0.5) is 10.1 Å². The number of benzene rings is 1. The van der Waals surface area contributed by atoms with Crippen LogP contribution in [0.5, 0.6) is 0 Å². The Kier molecular flexibility index (Phi) is 3.11. The number of non-ortho nitro benzene ring substituents is 1. The molecule has 1 fully saturated rings. The van der Waals surface area contributed by atoms with E-state index in [9.17, 15) is 14.5 Å². The standard InChI is InChI=1S/C12H15FN2O2/c13-11-7-9(15(16)17)3-4-10(11)12(8-14)5-1-2-6-12/h3-4,7H,1-2,5-6,8,14H2. The summed E-state index contributed by atoms with van der Waals surface area (Å²) >= 11 is 0. The lowest BCUT2D eigenvalue weighted by Crippen LogP contribution is -2.33. The van der Waals surface area contributed by atoms with Crippen molar-refractivity contribution < 1.29 is 9.31 Å². The van der Waals surface area contributed by atoms with E-state index < -0.39 is 10.7 Å². The van der Waals surface area contributed by atoms with Gasteiger partial charge in [0.2, 0.25) is 0 Å². The van der Waals surface area contributed by atoms with Crippen LogP contribution in [0.25, 0.3) is 0 Å². The third-order valence-corrected chi connectivity index (χ3v) is 3.69. The Bertz CT molecular complexity index is 442. The van der Waals surface area contributed by atoms with E-state index in [-0.39, 0.29) is 11.1 Å². The molecule has 0 bridgehead atoms. The fourth-order valence-electron chi connectivity index (χ4n) is 2.68. The molecule has 2 N–H and O–H groups in total. The van der Waals surface area contributed by atoms with Gasteiger partial charge in [0, 0.05) is 18.0 Å². The van der Waals surface area contributed by atoms with Gasteiger partial charge in [0.1, 0.15) is 5.82 Å². The largest absolute Gasteiger partial charge is 0.330 e. The van der Waals surface area contributed by atoms with Gasteiger partial charge in [0.25, 0.3) is 5.69 Å². The number of nitro groups is 1. The van der Waals surface area contributed by atoms with Crippen LogP contribution in [0.2, 0.25) is 0 Å². The van der Waals surface area contributed by atoms with Crippen LogP contribution in [-0.4, -0.2) is 11.5 Å². The third kappa shape index (κ3) is 2.02. The lowest BCUT2D eigenvalue weighted by atomic mass is 9.78. The fourth-order valence-corrected chi connectivity index (χ4v) is 2.68. The van der Waals surface area contributed by atoms with E-state index in [1.54, 1.807) is 0 Å². The van der Waals surface area contributed by atoms with E-state index in [0.717, 1.165) is 31.7 Å². The molecule has 5 heteroatoms. The Morgan fingerprint density at radius 3 is 2.53 bits per heavy atom. The van der Waals surface area contributed by atoms with E-state index in [2.05, 4.69) is 0 Å². The van der Waals surface area contributed by atoms with Gasteiger partial charge in [-0.1, -0.05) is 12.8 Å². The van der Waals surface area contributed by atoms with Crippen LogP contribution < -0.4 is 5.73 Å². The van der Waals surface area contributed by atoms with Crippen molar-refractivity contribution in [2.45, 2.75) is 31.1 Å². The van der Waals surface area contributed by atoms with E-state index in [4.69, 9.17) is 5.73 Å². The van der Waals surface area contributed by atoms with Gasteiger partial charge in [-0.3, -0.25) is 10.1 Å². The molecule has 0 spiro atoms. The summed E-state index contributed by atoms with van der Waals surface area (Å²) in [6.07, 6.45) is 3.79. The molecule has 1 aliphatic rings. The minimum absolute atomic E-state index is 0.212. The molecule has 0 amide bonds. The quantitative estimate of drug-likeness (QED) is 0.649. The molecule has 0 aromatic heterocycles. The maximum Gasteiger partial charge on any atom is 0.272 e. The molecule has 4 nitrogen and oxygen atoms in total. The third-order valence-electron chi connectivity index (χ3n) is 3.69. The van der Waals surface area contributed by atoms with E-state index in [1.165, 1.54) is 12.1 Å². The smallest absolute Gasteiger partial charge is 0.272 e. The molecular formula is C12H15FN2O2. The number of hydrogen-bond acceptors (Lipinski definition) is 3. The van der Waals surface area contributed by atoms with Gasteiger partial charge in [-0.15, -0.1) is 0 Å². The van der Waals surface area contributed by atoms with Crippen molar-refractivity contribution in [1.29, 1.82) is 0 Å². The first kappa shape index (κ1) is 12.0. The van der Waals surface area contributed by atoms with E-state index in [1.807, 2.05) is 0 Å². The molecule has 2 rings (SSSR count). The van der Waals surface area contributed by atoms with Gasteiger partial charge in [0.15, 0.2) is 0 Å². The van der Waals surface area contributed by atoms with Crippen LogP contribution in [0, 0.1) is 15.9 Å². The predicted molar refractivity (Wildman–Crippen MR) is 62.3 cm³/mol. The normalized spacial score (nSPS) is 18.2. The Morgan fingerprint density at radius 2 is 2.06 bits per heavy atom. The minimum atomic E-state index is -0.587. The SMILES string of the molecule is NCC1(c2ccc([N+](=O)[O-])cc2F)CCCC1.